The molecule has 0 aliphatic carbocycles. The fraction of sp³-hybridized carbons (Fsp3) is 0.682. The van der Waals surface area contributed by atoms with Gasteiger partial charge in [-0.25, -0.2) is 0 Å². The Bertz CT molecular complexity index is 542. The Morgan fingerprint density at radius 2 is 1.86 bits per heavy atom. The van der Waals surface area contributed by atoms with Crippen LogP contribution in [0, 0.1) is 0 Å². The standard InChI is InChI=1S/C22H38N4O.HI/c1-4-6-18-27-21-9-7-19(8-10-21)11-14-24-22(23-3)25-20-12-16-26(15-5-2)17-13-20;/h7-10,20H,4-6,11-18H2,1-3H3,(H2,23,24,25);1H. The second kappa shape index (κ2) is 14.9. The van der Waals surface area contributed by atoms with Crippen LogP contribution in [-0.4, -0.2) is 56.7 Å². The van der Waals surface area contributed by atoms with Crippen LogP contribution in [0.1, 0.15) is 51.5 Å². The van der Waals surface area contributed by atoms with Gasteiger partial charge in [0.2, 0.25) is 0 Å². The highest BCUT2D eigenvalue weighted by atomic mass is 127. The summed E-state index contributed by atoms with van der Waals surface area (Å²) < 4.78 is 5.72. The molecular weight excluding hydrogens is 463 g/mol. The predicted molar refractivity (Wildman–Crippen MR) is 130 cm³/mol. The zero-order valence-electron chi connectivity index (χ0n) is 17.9. The SMILES string of the molecule is CCCCOc1ccc(CCNC(=NC)NC2CCN(CCC)CC2)cc1.I. The van der Waals surface area contributed by atoms with E-state index in [0.717, 1.165) is 44.1 Å². The Morgan fingerprint density at radius 1 is 1.14 bits per heavy atom. The fourth-order valence-corrected chi connectivity index (χ4v) is 3.42. The van der Waals surface area contributed by atoms with Gasteiger partial charge in [-0.1, -0.05) is 32.4 Å². The van der Waals surface area contributed by atoms with Crippen molar-refractivity contribution in [3.05, 3.63) is 29.8 Å². The summed E-state index contributed by atoms with van der Waals surface area (Å²) in [6.07, 6.45) is 6.88. The lowest BCUT2D eigenvalue weighted by Crippen LogP contribution is -2.49. The molecule has 1 fully saturated rings. The van der Waals surface area contributed by atoms with Crippen LogP contribution >= 0.6 is 24.0 Å². The van der Waals surface area contributed by atoms with Crippen LogP contribution in [0.15, 0.2) is 29.3 Å². The number of rotatable bonds is 10. The molecule has 1 heterocycles. The van der Waals surface area contributed by atoms with Crippen molar-refractivity contribution in [3.8, 4) is 5.75 Å². The van der Waals surface area contributed by atoms with Gasteiger partial charge >= 0.3 is 0 Å². The molecule has 1 aromatic carbocycles. The summed E-state index contributed by atoms with van der Waals surface area (Å²) >= 11 is 0. The molecule has 1 aromatic rings. The molecule has 0 atom stereocenters. The highest BCUT2D eigenvalue weighted by molar-refractivity contribution is 14.0. The highest BCUT2D eigenvalue weighted by Gasteiger charge is 2.19. The van der Waals surface area contributed by atoms with Crippen LogP contribution in [0.3, 0.4) is 0 Å². The fourth-order valence-electron chi connectivity index (χ4n) is 3.42. The van der Waals surface area contributed by atoms with Crippen molar-refractivity contribution in [1.29, 1.82) is 0 Å². The second-order valence-corrected chi connectivity index (χ2v) is 7.36. The molecule has 5 nitrogen and oxygen atoms in total. The first-order chi connectivity index (χ1) is 13.2. The van der Waals surface area contributed by atoms with Crippen molar-refractivity contribution in [2.24, 2.45) is 4.99 Å². The zero-order valence-corrected chi connectivity index (χ0v) is 20.2. The quantitative estimate of drug-likeness (QED) is 0.219. The average molecular weight is 502 g/mol. The molecule has 28 heavy (non-hydrogen) atoms. The van der Waals surface area contributed by atoms with E-state index in [9.17, 15) is 0 Å². The molecule has 1 aliphatic heterocycles. The molecule has 2 N–H and O–H groups in total. The minimum atomic E-state index is 0. The van der Waals surface area contributed by atoms with Crippen molar-refractivity contribution in [2.75, 3.05) is 39.8 Å². The van der Waals surface area contributed by atoms with Crippen LogP contribution in [-0.2, 0) is 6.42 Å². The third kappa shape index (κ3) is 9.45. The van der Waals surface area contributed by atoms with Gasteiger partial charge in [-0.2, -0.15) is 0 Å². The van der Waals surface area contributed by atoms with Crippen molar-refractivity contribution in [3.63, 3.8) is 0 Å². The number of benzene rings is 1. The molecule has 6 heteroatoms. The predicted octanol–water partition coefficient (Wildman–Crippen LogP) is 4.07. The van der Waals surface area contributed by atoms with E-state index in [-0.39, 0.29) is 24.0 Å². The molecule has 0 bridgehead atoms. The molecule has 0 spiro atoms. The van der Waals surface area contributed by atoms with Crippen molar-refractivity contribution in [1.82, 2.24) is 15.5 Å². The maximum Gasteiger partial charge on any atom is 0.191 e. The monoisotopic (exact) mass is 502 g/mol. The number of guanidine groups is 1. The topological polar surface area (TPSA) is 48.9 Å². The molecule has 160 valence electrons. The van der Waals surface area contributed by atoms with Gasteiger partial charge in [0.25, 0.3) is 0 Å². The van der Waals surface area contributed by atoms with E-state index in [0.29, 0.717) is 6.04 Å². The van der Waals surface area contributed by atoms with Gasteiger partial charge < -0.3 is 20.3 Å². The minimum Gasteiger partial charge on any atom is -0.494 e. The Labute approximate surface area is 188 Å². The third-order valence-corrected chi connectivity index (χ3v) is 5.09. The number of halogens is 1. The first-order valence-corrected chi connectivity index (χ1v) is 10.7. The van der Waals surface area contributed by atoms with Crippen LogP contribution in [0.2, 0.25) is 0 Å². The van der Waals surface area contributed by atoms with E-state index >= 15 is 0 Å². The molecule has 0 radical (unpaired) electrons. The number of ether oxygens (including phenoxy) is 1. The summed E-state index contributed by atoms with van der Waals surface area (Å²) in [7, 11) is 1.85. The Morgan fingerprint density at radius 3 is 2.46 bits per heavy atom. The lowest BCUT2D eigenvalue weighted by molar-refractivity contribution is 0.206. The van der Waals surface area contributed by atoms with E-state index in [1.54, 1.807) is 0 Å². The maximum absolute atomic E-state index is 5.72. The van der Waals surface area contributed by atoms with Gasteiger partial charge in [0.05, 0.1) is 6.61 Å². The number of unbranched alkanes of at least 4 members (excludes halogenated alkanes) is 1. The van der Waals surface area contributed by atoms with E-state index in [2.05, 4.69) is 58.6 Å². The first-order valence-electron chi connectivity index (χ1n) is 10.7. The van der Waals surface area contributed by atoms with Crippen LogP contribution in [0.25, 0.3) is 0 Å². The number of nitrogens with one attached hydrogen (secondary N) is 2. The number of aliphatic imine (C=N–C) groups is 1. The van der Waals surface area contributed by atoms with Gasteiger partial charge in [0.15, 0.2) is 5.96 Å². The van der Waals surface area contributed by atoms with E-state index in [1.165, 1.54) is 44.5 Å². The Hall–Kier alpha value is -1.02. The van der Waals surface area contributed by atoms with E-state index in [1.807, 2.05) is 7.05 Å². The van der Waals surface area contributed by atoms with Gasteiger partial charge in [-0.15, -0.1) is 24.0 Å². The molecule has 1 aliphatic rings. The third-order valence-electron chi connectivity index (χ3n) is 5.09. The summed E-state index contributed by atoms with van der Waals surface area (Å²) in [5, 5.41) is 7.04. The van der Waals surface area contributed by atoms with Crippen LogP contribution in [0.4, 0.5) is 0 Å². The summed E-state index contributed by atoms with van der Waals surface area (Å²) in [6.45, 7) is 9.72. The Balaban J connectivity index is 0.00000392. The van der Waals surface area contributed by atoms with Gasteiger partial charge in [-0.05, 0) is 56.3 Å². The average Bonchev–Trinajstić information content (AvgIpc) is 2.70. The van der Waals surface area contributed by atoms with E-state index < -0.39 is 0 Å². The molecule has 1 saturated heterocycles. The lowest BCUT2D eigenvalue weighted by atomic mass is 10.1. The Kier molecular flexibility index (Phi) is 13.3. The van der Waals surface area contributed by atoms with Crippen LogP contribution < -0.4 is 15.4 Å². The summed E-state index contributed by atoms with van der Waals surface area (Å²) in [4.78, 5) is 6.94. The molecular formula is C22H39IN4O. The second-order valence-electron chi connectivity index (χ2n) is 7.36. The molecule has 2 rings (SSSR count). The highest BCUT2D eigenvalue weighted by Crippen LogP contribution is 2.13. The smallest absolute Gasteiger partial charge is 0.191 e. The van der Waals surface area contributed by atoms with Gasteiger partial charge in [0, 0.05) is 32.7 Å². The molecule has 0 unspecified atom stereocenters. The number of likely N-dealkylation sites (tertiary alicyclic amines) is 1. The number of nitrogens with zero attached hydrogens (tertiary/aromatic N) is 2. The summed E-state index contributed by atoms with van der Waals surface area (Å²) in [5.74, 6) is 1.88. The van der Waals surface area contributed by atoms with Crippen molar-refractivity contribution in [2.45, 2.75) is 58.4 Å². The number of piperidine rings is 1. The molecule has 0 amide bonds. The molecule has 0 aromatic heterocycles. The normalized spacial score (nSPS) is 15.8. The largest absolute Gasteiger partial charge is 0.494 e. The van der Waals surface area contributed by atoms with Crippen molar-refractivity contribution < 1.29 is 4.74 Å². The summed E-state index contributed by atoms with van der Waals surface area (Å²) in [6, 6.07) is 8.99. The number of hydrogen-bond acceptors (Lipinski definition) is 3. The van der Waals surface area contributed by atoms with Crippen LogP contribution in [0.5, 0.6) is 5.75 Å². The van der Waals surface area contributed by atoms with E-state index in [4.69, 9.17) is 4.74 Å². The first kappa shape index (κ1) is 25.0. The summed E-state index contributed by atoms with van der Waals surface area (Å²) in [5.41, 5.74) is 1.31. The zero-order chi connectivity index (χ0) is 19.3. The minimum absolute atomic E-state index is 0. The number of hydrogen-bond donors (Lipinski definition) is 2. The van der Waals surface area contributed by atoms with Gasteiger partial charge in [0.1, 0.15) is 5.75 Å². The lowest BCUT2D eigenvalue weighted by Gasteiger charge is -2.32. The van der Waals surface area contributed by atoms with Gasteiger partial charge in [-0.3, -0.25) is 4.99 Å². The maximum atomic E-state index is 5.72. The van der Waals surface area contributed by atoms with Crippen molar-refractivity contribution >= 4 is 29.9 Å². The molecule has 0 saturated carbocycles.